The number of nitrogens with zero attached hydrogens (tertiary/aromatic N) is 4. The average molecular weight is 326 g/mol. The third kappa shape index (κ3) is 3.48. The van der Waals surface area contributed by atoms with Crippen molar-refractivity contribution in [2.75, 3.05) is 30.9 Å². The van der Waals surface area contributed by atoms with Gasteiger partial charge in [0.15, 0.2) is 0 Å². The summed E-state index contributed by atoms with van der Waals surface area (Å²) in [5.41, 5.74) is 4.60. The van der Waals surface area contributed by atoms with Gasteiger partial charge in [-0.15, -0.1) is 0 Å². The van der Waals surface area contributed by atoms with Crippen LogP contribution in [0, 0.1) is 6.92 Å². The van der Waals surface area contributed by atoms with Crippen molar-refractivity contribution in [2.45, 2.75) is 39.3 Å². The van der Waals surface area contributed by atoms with Gasteiger partial charge in [0.1, 0.15) is 5.82 Å². The Bertz CT molecular complexity index is 713. The van der Waals surface area contributed by atoms with Crippen molar-refractivity contribution in [1.29, 1.82) is 0 Å². The van der Waals surface area contributed by atoms with E-state index >= 15 is 0 Å². The second-order valence-corrected chi connectivity index (χ2v) is 6.48. The molecule has 3 heterocycles. The minimum atomic E-state index is 0.147. The monoisotopic (exact) mass is 326 g/mol. The maximum atomic E-state index is 4.77. The molecule has 0 amide bonds. The van der Waals surface area contributed by atoms with E-state index in [1.807, 2.05) is 31.3 Å². The Kier molecular flexibility index (Phi) is 4.94. The lowest BCUT2D eigenvalue weighted by atomic mass is 10.0. The molecule has 128 valence electrons. The van der Waals surface area contributed by atoms with Gasteiger partial charge in [-0.3, -0.25) is 4.98 Å². The molecule has 6 heteroatoms. The first-order valence-corrected chi connectivity index (χ1v) is 8.55. The summed E-state index contributed by atoms with van der Waals surface area (Å²) in [5.74, 6) is 1.69. The quantitative estimate of drug-likeness (QED) is 0.880. The van der Waals surface area contributed by atoms with Gasteiger partial charge in [-0.1, -0.05) is 6.92 Å². The maximum Gasteiger partial charge on any atom is 0.227 e. The number of hydrogen-bond acceptors (Lipinski definition) is 6. The topological polar surface area (TPSA) is 66.0 Å². The molecular weight excluding hydrogens is 300 g/mol. The number of nitrogens with one attached hydrogen (secondary N) is 2. The Balaban J connectivity index is 1.96. The van der Waals surface area contributed by atoms with E-state index in [0.717, 1.165) is 49.1 Å². The first-order chi connectivity index (χ1) is 11.6. The van der Waals surface area contributed by atoms with Gasteiger partial charge >= 0.3 is 0 Å². The minimum Gasteiger partial charge on any atom is -0.361 e. The Morgan fingerprint density at radius 2 is 2.17 bits per heavy atom. The molecule has 1 aliphatic rings. The Labute approximate surface area is 143 Å². The number of rotatable bonds is 5. The van der Waals surface area contributed by atoms with Gasteiger partial charge < -0.3 is 15.5 Å². The summed E-state index contributed by atoms with van der Waals surface area (Å²) in [4.78, 5) is 16.0. The fourth-order valence-corrected chi connectivity index (χ4v) is 2.97. The highest BCUT2D eigenvalue weighted by Gasteiger charge is 2.21. The van der Waals surface area contributed by atoms with Crippen molar-refractivity contribution >= 4 is 11.8 Å². The molecule has 0 saturated carbocycles. The van der Waals surface area contributed by atoms with Crippen LogP contribution >= 0.6 is 0 Å². The third-order valence-corrected chi connectivity index (χ3v) is 4.34. The lowest BCUT2D eigenvalue weighted by Crippen LogP contribution is -2.28. The first kappa shape index (κ1) is 16.6. The molecule has 6 nitrogen and oxygen atoms in total. The molecule has 2 aromatic rings. The van der Waals surface area contributed by atoms with E-state index in [1.165, 1.54) is 11.1 Å². The van der Waals surface area contributed by atoms with E-state index in [0.29, 0.717) is 0 Å². The SMILES string of the molecule is CC[C@H](Nc1nc(N(C)C)nc2c1CCNC2)c1cc(C)ccn1. The van der Waals surface area contributed by atoms with Gasteiger partial charge in [0.05, 0.1) is 17.4 Å². The van der Waals surface area contributed by atoms with Gasteiger partial charge in [-0.25, -0.2) is 4.98 Å². The van der Waals surface area contributed by atoms with Gasteiger partial charge in [-0.2, -0.15) is 4.98 Å². The first-order valence-electron chi connectivity index (χ1n) is 8.55. The van der Waals surface area contributed by atoms with Crippen LogP contribution in [0.25, 0.3) is 0 Å². The normalized spacial score (nSPS) is 14.8. The van der Waals surface area contributed by atoms with Gasteiger partial charge in [-0.05, 0) is 44.0 Å². The predicted octanol–water partition coefficient (Wildman–Crippen LogP) is 2.45. The number of anilines is 2. The van der Waals surface area contributed by atoms with Crippen LogP contribution in [0.3, 0.4) is 0 Å². The van der Waals surface area contributed by atoms with E-state index in [-0.39, 0.29) is 6.04 Å². The molecule has 0 saturated heterocycles. The zero-order valence-electron chi connectivity index (χ0n) is 14.9. The molecular formula is C18H26N6. The zero-order valence-corrected chi connectivity index (χ0v) is 14.9. The predicted molar refractivity (Wildman–Crippen MR) is 97.4 cm³/mol. The molecule has 24 heavy (non-hydrogen) atoms. The summed E-state index contributed by atoms with van der Waals surface area (Å²) in [6.45, 7) is 6.03. The minimum absolute atomic E-state index is 0.147. The molecule has 2 N–H and O–H groups in total. The van der Waals surface area contributed by atoms with Crippen LogP contribution in [0.15, 0.2) is 18.3 Å². The van der Waals surface area contributed by atoms with Gasteiger partial charge in [0.25, 0.3) is 0 Å². The van der Waals surface area contributed by atoms with E-state index in [4.69, 9.17) is 9.97 Å². The number of hydrogen-bond donors (Lipinski definition) is 2. The van der Waals surface area contributed by atoms with Crippen molar-refractivity contribution in [1.82, 2.24) is 20.3 Å². The van der Waals surface area contributed by atoms with E-state index in [1.54, 1.807) is 0 Å². The average Bonchev–Trinajstić information content (AvgIpc) is 2.59. The summed E-state index contributed by atoms with van der Waals surface area (Å²) in [6, 6.07) is 4.32. The Morgan fingerprint density at radius 3 is 2.88 bits per heavy atom. The molecule has 2 aromatic heterocycles. The second kappa shape index (κ2) is 7.13. The molecule has 0 unspecified atom stereocenters. The lowest BCUT2D eigenvalue weighted by Gasteiger charge is -2.25. The molecule has 1 aliphatic heterocycles. The number of aryl methyl sites for hydroxylation is 1. The number of aromatic nitrogens is 3. The summed E-state index contributed by atoms with van der Waals surface area (Å²) < 4.78 is 0. The van der Waals surface area contributed by atoms with E-state index in [9.17, 15) is 0 Å². The lowest BCUT2D eigenvalue weighted by molar-refractivity contribution is 0.620. The highest BCUT2D eigenvalue weighted by atomic mass is 15.2. The molecule has 0 bridgehead atoms. The van der Waals surface area contributed by atoms with Gasteiger partial charge in [0, 0.05) is 32.4 Å². The summed E-state index contributed by atoms with van der Waals surface area (Å²) in [6.07, 6.45) is 3.77. The summed E-state index contributed by atoms with van der Waals surface area (Å²) in [5, 5.41) is 7.02. The Hall–Kier alpha value is -2.21. The molecule has 0 aromatic carbocycles. The van der Waals surface area contributed by atoms with Crippen LogP contribution in [0.5, 0.6) is 0 Å². The summed E-state index contributed by atoms with van der Waals surface area (Å²) in [7, 11) is 3.95. The van der Waals surface area contributed by atoms with Crippen LogP contribution in [0.2, 0.25) is 0 Å². The molecule has 0 aliphatic carbocycles. The fourth-order valence-electron chi connectivity index (χ4n) is 2.97. The zero-order chi connectivity index (χ0) is 17.1. The molecule has 3 rings (SSSR count). The van der Waals surface area contributed by atoms with Crippen LogP contribution in [-0.2, 0) is 13.0 Å². The maximum absolute atomic E-state index is 4.77. The molecule has 0 radical (unpaired) electrons. The van der Waals surface area contributed by atoms with E-state index in [2.05, 4.69) is 35.5 Å². The fraction of sp³-hybridized carbons (Fsp3) is 0.500. The van der Waals surface area contributed by atoms with Crippen LogP contribution in [0.1, 0.15) is 41.9 Å². The van der Waals surface area contributed by atoms with Gasteiger partial charge in [0.2, 0.25) is 5.95 Å². The highest BCUT2D eigenvalue weighted by Crippen LogP contribution is 2.27. The number of pyridine rings is 1. The van der Waals surface area contributed by atoms with E-state index < -0.39 is 0 Å². The molecule has 1 atom stereocenters. The summed E-state index contributed by atoms with van der Waals surface area (Å²) >= 11 is 0. The van der Waals surface area contributed by atoms with Crippen LogP contribution in [0.4, 0.5) is 11.8 Å². The Morgan fingerprint density at radius 1 is 1.33 bits per heavy atom. The second-order valence-electron chi connectivity index (χ2n) is 6.48. The van der Waals surface area contributed by atoms with Crippen LogP contribution in [-0.4, -0.2) is 35.6 Å². The smallest absolute Gasteiger partial charge is 0.227 e. The number of fused-ring (bicyclic) bond motifs is 1. The van der Waals surface area contributed by atoms with Crippen molar-refractivity contribution in [3.63, 3.8) is 0 Å². The largest absolute Gasteiger partial charge is 0.361 e. The highest BCUT2D eigenvalue weighted by molar-refractivity contribution is 5.53. The van der Waals surface area contributed by atoms with Crippen molar-refractivity contribution < 1.29 is 0 Å². The molecule has 0 fully saturated rings. The van der Waals surface area contributed by atoms with Crippen molar-refractivity contribution in [2.24, 2.45) is 0 Å². The standard InChI is InChI=1S/C18H26N6/c1-5-14(15-10-12(2)6-9-20-15)21-17-13-7-8-19-11-16(13)22-18(23-17)24(3)4/h6,9-10,14,19H,5,7-8,11H2,1-4H3,(H,21,22,23)/t14-/m0/s1. The third-order valence-electron chi connectivity index (χ3n) is 4.34. The van der Waals surface area contributed by atoms with Crippen LogP contribution < -0.4 is 15.5 Å². The van der Waals surface area contributed by atoms with Crippen molar-refractivity contribution in [3.8, 4) is 0 Å². The molecule has 0 spiro atoms. The van der Waals surface area contributed by atoms with Crippen molar-refractivity contribution in [3.05, 3.63) is 40.8 Å².